The molecular weight excluding hydrogens is 913 g/mol. The van der Waals surface area contributed by atoms with Crippen LogP contribution in [0.3, 0.4) is 0 Å². The van der Waals surface area contributed by atoms with Gasteiger partial charge in [-0.3, -0.25) is 14.4 Å². The van der Waals surface area contributed by atoms with Gasteiger partial charge in [-0.2, -0.15) is 0 Å². The zero-order valence-corrected chi connectivity index (χ0v) is 50.1. The molecule has 0 aliphatic rings. The Balaban J connectivity index is 4.08. The van der Waals surface area contributed by atoms with Crippen LogP contribution in [-0.4, -0.2) is 37.2 Å². The molecule has 0 saturated heterocycles. The molecule has 0 radical (unpaired) electrons. The second kappa shape index (κ2) is 63.4. The van der Waals surface area contributed by atoms with Gasteiger partial charge in [0.15, 0.2) is 6.10 Å². The van der Waals surface area contributed by atoms with Gasteiger partial charge in [0.05, 0.1) is 0 Å². The van der Waals surface area contributed by atoms with Crippen molar-refractivity contribution in [1.82, 2.24) is 0 Å². The molecule has 0 rings (SSSR count). The highest BCUT2D eigenvalue weighted by molar-refractivity contribution is 5.71. The number of ether oxygens (including phenoxy) is 3. The molecule has 6 nitrogen and oxygen atoms in total. The predicted octanol–water partition coefficient (Wildman–Crippen LogP) is 22.6. The van der Waals surface area contributed by atoms with Crippen molar-refractivity contribution in [3.05, 3.63) is 24.3 Å². The van der Waals surface area contributed by atoms with Gasteiger partial charge in [0.2, 0.25) is 0 Å². The molecule has 0 aromatic rings. The Hall–Kier alpha value is -2.11. The summed E-state index contributed by atoms with van der Waals surface area (Å²) in [5, 5.41) is 0. The summed E-state index contributed by atoms with van der Waals surface area (Å²) in [5.74, 6) is -0.861. The first kappa shape index (κ1) is 71.9. The van der Waals surface area contributed by atoms with E-state index < -0.39 is 6.10 Å². The van der Waals surface area contributed by atoms with Crippen molar-refractivity contribution in [2.75, 3.05) is 13.2 Å². The van der Waals surface area contributed by atoms with Crippen LogP contribution in [0.1, 0.15) is 374 Å². The summed E-state index contributed by atoms with van der Waals surface area (Å²) in [4.78, 5) is 38.2. The second-order valence-corrected chi connectivity index (χ2v) is 22.7. The first-order valence-corrected chi connectivity index (χ1v) is 33.3. The van der Waals surface area contributed by atoms with E-state index in [0.29, 0.717) is 19.3 Å². The Kier molecular flexibility index (Phi) is 61.6. The van der Waals surface area contributed by atoms with Crippen molar-refractivity contribution in [1.29, 1.82) is 0 Å². The fraction of sp³-hybridized carbons (Fsp3) is 0.897. The molecule has 0 aromatic heterocycles. The van der Waals surface area contributed by atoms with Crippen LogP contribution >= 0.6 is 0 Å². The van der Waals surface area contributed by atoms with E-state index in [9.17, 15) is 14.4 Å². The van der Waals surface area contributed by atoms with Crippen LogP contribution in [0.15, 0.2) is 24.3 Å². The summed E-state index contributed by atoms with van der Waals surface area (Å²) in [5.41, 5.74) is 0. The molecule has 0 spiro atoms. The van der Waals surface area contributed by atoms with Crippen molar-refractivity contribution in [3.8, 4) is 0 Å². The Bertz CT molecular complexity index is 1190. The maximum Gasteiger partial charge on any atom is 0.306 e. The predicted molar refractivity (Wildman–Crippen MR) is 321 cm³/mol. The largest absolute Gasteiger partial charge is 0.462 e. The monoisotopic (exact) mass is 1040 g/mol. The van der Waals surface area contributed by atoms with E-state index in [0.717, 1.165) is 77.0 Å². The van der Waals surface area contributed by atoms with E-state index in [2.05, 4.69) is 45.1 Å². The lowest BCUT2D eigenvalue weighted by molar-refractivity contribution is -0.167. The van der Waals surface area contributed by atoms with Gasteiger partial charge >= 0.3 is 17.9 Å². The molecule has 6 heteroatoms. The number of carbonyl (C=O) groups excluding carboxylic acids is 3. The Morgan fingerprint density at radius 3 is 0.770 bits per heavy atom. The van der Waals surface area contributed by atoms with Gasteiger partial charge in [0.25, 0.3) is 0 Å². The lowest BCUT2D eigenvalue weighted by Gasteiger charge is -2.18. The fourth-order valence-corrected chi connectivity index (χ4v) is 10.2. The van der Waals surface area contributed by atoms with Crippen molar-refractivity contribution in [2.45, 2.75) is 380 Å². The van der Waals surface area contributed by atoms with Gasteiger partial charge in [0, 0.05) is 19.3 Å². The summed E-state index contributed by atoms with van der Waals surface area (Å²) in [6, 6.07) is 0. The molecule has 0 N–H and O–H groups in total. The van der Waals surface area contributed by atoms with E-state index in [4.69, 9.17) is 14.2 Å². The topological polar surface area (TPSA) is 78.9 Å². The van der Waals surface area contributed by atoms with Gasteiger partial charge in [-0.15, -0.1) is 0 Å². The van der Waals surface area contributed by atoms with Gasteiger partial charge in [0.1, 0.15) is 13.2 Å². The normalized spacial score (nSPS) is 12.1. The molecule has 1 unspecified atom stereocenters. The highest BCUT2D eigenvalue weighted by atomic mass is 16.6. The lowest BCUT2D eigenvalue weighted by Crippen LogP contribution is -2.30. The molecule has 1 atom stereocenters. The molecule has 436 valence electrons. The average Bonchev–Trinajstić information content (AvgIpc) is 3.40. The molecule has 0 bridgehead atoms. The van der Waals surface area contributed by atoms with Crippen LogP contribution in [0.5, 0.6) is 0 Å². The third-order valence-corrected chi connectivity index (χ3v) is 15.2. The molecule has 0 aliphatic carbocycles. The molecule has 0 fully saturated rings. The van der Waals surface area contributed by atoms with Gasteiger partial charge in [-0.1, -0.05) is 328 Å². The maximum atomic E-state index is 12.9. The van der Waals surface area contributed by atoms with Crippen LogP contribution in [-0.2, 0) is 28.6 Å². The number of esters is 3. The fourth-order valence-electron chi connectivity index (χ4n) is 10.2. The van der Waals surface area contributed by atoms with Crippen LogP contribution in [0.4, 0.5) is 0 Å². The number of allylic oxidation sites excluding steroid dienone is 4. The first-order chi connectivity index (χ1) is 36.5. The van der Waals surface area contributed by atoms with E-state index in [1.165, 1.54) is 257 Å². The minimum Gasteiger partial charge on any atom is -0.462 e. The van der Waals surface area contributed by atoms with Gasteiger partial charge in [-0.25, -0.2) is 0 Å². The van der Waals surface area contributed by atoms with Gasteiger partial charge in [-0.05, 0) is 51.4 Å². The summed E-state index contributed by atoms with van der Waals surface area (Å²) < 4.78 is 16.9. The number of hydrogen-bond acceptors (Lipinski definition) is 6. The summed E-state index contributed by atoms with van der Waals surface area (Å²) in [7, 11) is 0. The maximum absolute atomic E-state index is 12.9. The third-order valence-electron chi connectivity index (χ3n) is 15.2. The van der Waals surface area contributed by atoms with E-state index in [-0.39, 0.29) is 31.1 Å². The molecule has 0 aromatic carbocycles. The SMILES string of the molecule is CCCCC/C=C\C/C=C\CCCCCCCC(=O)OC(COC(=O)CCCCCCCCCCCCC)COC(=O)CCCCCCCCCCCCCCCCCCCCCCCCCCCCCCCC. The summed E-state index contributed by atoms with van der Waals surface area (Å²) >= 11 is 0. The minimum atomic E-state index is -0.774. The highest BCUT2D eigenvalue weighted by Crippen LogP contribution is 2.18. The molecule has 0 saturated carbocycles. The quantitative estimate of drug-likeness (QED) is 0.0261. The molecule has 0 heterocycles. The minimum absolute atomic E-state index is 0.0714. The van der Waals surface area contributed by atoms with Crippen molar-refractivity contribution < 1.29 is 28.6 Å². The smallest absolute Gasteiger partial charge is 0.306 e. The number of unbranched alkanes of at least 4 members (excludes halogenated alkanes) is 47. The molecular formula is C68H128O6. The molecule has 0 aliphatic heterocycles. The van der Waals surface area contributed by atoms with E-state index in [1.807, 2.05) is 0 Å². The van der Waals surface area contributed by atoms with Crippen molar-refractivity contribution in [3.63, 3.8) is 0 Å². The highest BCUT2D eigenvalue weighted by Gasteiger charge is 2.19. The third kappa shape index (κ3) is 60.8. The van der Waals surface area contributed by atoms with Crippen LogP contribution < -0.4 is 0 Å². The van der Waals surface area contributed by atoms with E-state index in [1.54, 1.807) is 0 Å². The number of carbonyl (C=O) groups is 3. The zero-order chi connectivity index (χ0) is 53.6. The van der Waals surface area contributed by atoms with Crippen molar-refractivity contribution in [2.24, 2.45) is 0 Å². The Morgan fingerprint density at radius 2 is 0.486 bits per heavy atom. The lowest BCUT2D eigenvalue weighted by atomic mass is 10.0. The Labute approximate surface area is 462 Å². The van der Waals surface area contributed by atoms with Crippen LogP contribution in [0.25, 0.3) is 0 Å². The summed E-state index contributed by atoms with van der Waals surface area (Å²) in [6.07, 6.45) is 76.4. The Morgan fingerprint density at radius 1 is 0.270 bits per heavy atom. The van der Waals surface area contributed by atoms with Crippen LogP contribution in [0, 0.1) is 0 Å². The number of rotatable bonds is 62. The van der Waals surface area contributed by atoms with Crippen LogP contribution in [0.2, 0.25) is 0 Å². The first-order valence-electron chi connectivity index (χ1n) is 33.3. The number of hydrogen-bond donors (Lipinski definition) is 0. The standard InChI is InChI=1S/C68H128O6/c1-4-7-10-13-16-19-22-24-26-27-28-29-30-31-32-33-34-35-36-37-38-39-40-42-43-46-49-52-55-58-61-67(70)73-64-65(63-72-66(69)60-57-54-51-48-45-21-18-15-12-9-6-3)74-68(71)62-59-56-53-50-47-44-41-25-23-20-17-14-11-8-5-2/h17,20,25,41,65H,4-16,18-19,21-24,26-40,42-64H2,1-3H3/b20-17-,41-25-. The second-order valence-electron chi connectivity index (χ2n) is 22.7. The molecule has 74 heavy (non-hydrogen) atoms. The van der Waals surface area contributed by atoms with Crippen molar-refractivity contribution >= 4 is 17.9 Å². The molecule has 0 amide bonds. The summed E-state index contributed by atoms with van der Waals surface area (Å²) in [6.45, 7) is 6.66. The van der Waals surface area contributed by atoms with Gasteiger partial charge < -0.3 is 14.2 Å². The average molecular weight is 1040 g/mol. The zero-order valence-electron chi connectivity index (χ0n) is 50.1. The van der Waals surface area contributed by atoms with E-state index >= 15 is 0 Å².